The third kappa shape index (κ3) is 4.62. The number of ether oxygens (including phenoxy) is 2. The van der Waals surface area contributed by atoms with Crippen molar-refractivity contribution >= 4 is 11.9 Å². The highest BCUT2D eigenvalue weighted by atomic mass is 16.5. The van der Waals surface area contributed by atoms with Gasteiger partial charge in [0.1, 0.15) is 5.75 Å². The van der Waals surface area contributed by atoms with Crippen LogP contribution in [-0.2, 0) is 9.47 Å². The molecule has 0 spiro atoms. The first-order chi connectivity index (χ1) is 8.79. The largest absolute Gasteiger partial charge is 0.508 e. The molecular formula is C14H18O5. The number of rotatable bonds is 4. The lowest BCUT2D eigenvalue weighted by atomic mass is 10.1. The van der Waals surface area contributed by atoms with Gasteiger partial charge in [-0.25, -0.2) is 9.59 Å². The summed E-state index contributed by atoms with van der Waals surface area (Å²) < 4.78 is 10.0. The summed E-state index contributed by atoms with van der Waals surface area (Å²) in [5.74, 6) is -1.37. The Labute approximate surface area is 112 Å². The number of carbonyl (C=O) groups excluding carboxylic acids is 2. The number of benzene rings is 1. The molecule has 0 saturated heterocycles. The maximum absolute atomic E-state index is 11.7. The van der Waals surface area contributed by atoms with Gasteiger partial charge in [0.15, 0.2) is 0 Å². The first-order valence-corrected chi connectivity index (χ1v) is 6.05. The molecule has 0 aliphatic rings. The van der Waals surface area contributed by atoms with Crippen LogP contribution >= 0.6 is 0 Å². The van der Waals surface area contributed by atoms with Crippen molar-refractivity contribution in [2.75, 3.05) is 0 Å². The molecule has 1 aromatic carbocycles. The van der Waals surface area contributed by atoms with Crippen LogP contribution < -0.4 is 0 Å². The molecular weight excluding hydrogens is 248 g/mol. The van der Waals surface area contributed by atoms with Crippen LogP contribution in [0.25, 0.3) is 0 Å². The van der Waals surface area contributed by atoms with Gasteiger partial charge in [-0.05, 0) is 45.9 Å². The van der Waals surface area contributed by atoms with E-state index in [0.29, 0.717) is 0 Å². The van der Waals surface area contributed by atoms with Gasteiger partial charge in [-0.1, -0.05) is 0 Å². The minimum atomic E-state index is -0.593. The molecule has 0 aliphatic carbocycles. The Balaban J connectivity index is 3.00. The van der Waals surface area contributed by atoms with Crippen LogP contribution in [0.3, 0.4) is 0 Å². The Bertz CT molecular complexity index is 436. The van der Waals surface area contributed by atoms with Crippen LogP contribution in [0.5, 0.6) is 5.75 Å². The van der Waals surface area contributed by atoms with Crippen molar-refractivity contribution in [1.82, 2.24) is 0 Å². The number of esters is 2. The maximum atomic E-state index is 11.7. The number of hydrogen-bond acceptors (Lipinski definition) is 5. The minimum Gasteiger partial charge on any atom is -0.508 e. The smallest absolute Gasteiger partial charge is 0.338 e. The monoisotopic (exact) mass is 266 g/mol. The van der Waals surface area contributed by atoms with Crippen LogP contribution in [-0.4, -0.2) is 29.3 Å². The molecule has 19 heavy (non-hydrogen) atoms. The molecule has 0 radical (unpaired) electrons. The van der Waals surface area contributed by atoms with E-state index in [4.69, 9.17) is 9.47 Å². The average molecular weight is 266 g/mol. The molecule has 1 N–H and O–H groups in total. The lowest BCUT2D eigenvalue weighted by Gasteiger charge is -2.11. The molecule has 0 aromatic heterocycles. The van der Waals surface area contributed by atoms with Crippen LogP contribution in [0.2, 0.25) is 0 Å². The van der Waals surface area contributed by atoms with E-state index in [1.54, 1.807) is 27.7 Å². The highest BCUT2D eigenvalue weighted by Crippen LogP contribution is 2.18. The van der Waals surface area contributed by atoms with E-state index >= 15 is 0 Å². The summed E-state index contributed by atoms with van der Waals surface area (Å²) in [6.45, 7) is 6.87. The number of hydrogen-bond donors (Lipinski definition) is 1. The fourth-order valence-corrected chi connectivity index (χ4v) is 1.41. The second-order valence-corrected chi connectivity index (χ2v) is 4.68. The fraction of sp³-hybridized carbons (Fsp3) is 0.429. The van der Waals surface area contributed by atoms with Crippen LogP contribution in [0.15, 0.2) is 18.2 Å². The Morgan fingerprint density at radius 2 is 1.26 bits per heavy atom. The van der Waals surface area contributed by atoms with Crippen molar-refractivity contribution in [3.8, 4) is 5.75 Å². The number of phenolic OH excluding ortho intramolecular Hbond substituents is 1. The molecule has 1 rings (SSSR count). The van der Waals surface area contributed by atoms with Gasteiger partial charge in [-0.15, -0.1) is 0 Å². The van der Waals surface area contributed by atoms with Gasteiger partial charge in [0.05, 0.1) is 23.3 Å². The SMILES string of the molecule is CC(C)OC(=O)c1cc(O)cc(C(=O)OC(C)C)c1. The van der Waals surface area contributed by atoms with Crippen LogP contribution in [0, 0.1) is 0 Å². The number of aromatic hydroxyl groups is 1. The molecule has 104 valence electrons. The van der Waals surface area contributed by atoms with E-state index < -0.39 is 11.9 Å². The predicted octanol–water partition coefficient (Wildman–Crippen LogP) is 2.52. The second kappa shape index (κ2) is 6.22. The summed E-state index contributed by atoms with van der Waals surface area (Å²) in [7, 11) is 0. The van der Waals surface area contributed by atoms with Gasteiger partial charge in [0, 0.05) is 0 Å². The Kier molecular flexibility index (Phi) is 4.92. The highest BCUT2D eigenvalue weighted by molar-refractivity contribution is 5.96. The molecule has 0 aliphatic heterocycles. The van der Waals surface area contributed by atoms with Gasteiger partial charge in [0.25, 0.3) is 0 Å². The summed E-state index contributed by atoms with van der Waals surface area (Å²) in [6, 6.07) is 3.84. The molecule has 0 atom stereocenters. The molecule has 5 nitrogen and oxygen atoms in total. The van der Waals surface area contributed by atoms with E-state index in [1.165, 1.54) is 18.2 Å². The highest BCUT2D eigenvalue weighted by Gasteiger charge is 2.16. The van der Waals surface area contributed by atoms with E-state index in [-0.39, 0.29) is 29.1 Å². The van der Waals surface area contributed by atoms with Gasteiger partial charge in [0.2, 0.25) is 0 Å². The van der Waals surface area contributed by atoms with Gasteiger partial charge in [-0.2, -0.15) is 0 Å². The lowest BCUT2D eigenvalue weighted by molar-refractivity contribution is 0.0376. The van der Waals surface area contributed by atoms with Crippen molar-refractivity contribution in [3.05, 3.63) is 29.3 Å². The fourth-order valence-electron chi connectivity index (χ4n) is 1.41. The summed E-state index contributed by atoms with van der Waals surface area (Å²) in [5.41, 5.74) is 0.230. The quantitative estimate of drug-likeness (QED) is 0.848. The molecule has 0 bridgehead atoms. The maximum Gasteiger partial charge on any atom is 0.338 e. The zero-order valence-corrected chi connectivity index (χ0v) is 11.5. The lowest BCUT2D eigenvalue weighted by Crippen LogP contribution is -2.14. The van der Waals surface area contributed by atoms with Gasteiger partial charge < -0.3 is 14.6 Å². The zero-order chi connectivity index (χ0) is 14.6. The molecule has 5 heteroatoms. The second-order valence-electron chi connectivity index (χ2n) is 4.68. The Morgan fingerprint density at radius 1 is 0.895 bits per heavy atom. The third-order valence-corrected chi connectivity index (χ3v) is 2.07. The third-order valence-electron chi connectivity index (χ3n) is 2.07. The summed E-state index contributed by atoms with van der Waals surface area (Å²) >= 11 is 0. The van der Waals surface area contributed by atoms with Gasteiger partial charge >= 0.3 is 11.9 Å². The van der Waals surface area contributed by atoms with E-state index in [2.05, 4.69) is 0 Å². The van der Waals surface area contributed by atoms with Crippen molar-refractivity contribution in [2.45, 2.75) is 39.9 Å². The van der Waals surface area contributed by atoms with E-state index in [9.17, 15) is 14.7 Å². The molecule has 1 aromatic rings. The first-order valence-electron chi connectivity index (χ1n) is 6.05. The molecule has 0 amide bonds. The Hall–Kier alpha value is -2.04. The standard InChI is InChI=1S/C14H18O5/c1-8(2)18-13(16)10-5-11(7-12(15)6-10)14(17)19-9(3)4/h5-9,15H,1-4H3. The van der Waals surface area contributed by atoms with Crippen LogP contribution in [0.4, 0.5) is 0 Å². The summed E-state index contributed by atoms with van der Waals surface area (Å²) in [5, 5.41) is 9.54. The van der Waals surface area contributed by atoms with Crippen molar-refractivity contribution in [2.24, 2.45) is 0 Å². The van der Waals surface area contributed by atoms with Gasteiger partial charge in [-0.3, -0.25) is 0 Å². The molecule has 0 unspecified atom stereocenters. The molecule has 0 saturated carbocycles. The van der Waals surface area contributed by atoms with Crippen LogP contribution in [0.1, 0.15) is 48.4 Å². The van der Waals surface area contributed by atoms with Crippen molar-refractivity contribution < 1.29 is 24.2 Å². The molecule has 0 fully saturated rings. The average Bonchev–Trinajstić information content (AvgIpc) is 2.26. The zero-order valence-electron chi connectivity index (χ0n) is 11.5. The molecule has 0 heterocycles. The van der Waals surface area contributed by atoms with E-state index in [1.807, 2.05) is 0 Å². The Morgan fingerprint density at radius 3 is 1.58 bits per heavy atom. The number of phenols is 1. The summed E-state index contributed by atoms with van der Waals surface area (Å²) in [6.07, 6.45) is -0.554. The predicted molar refractivity (Wildman–Crippen MR) is 69.2 cm³/mol. The van der Waals surface area contributed by atoms with E-state index in [0.717, 1.165) is 0 Å². The first kappa shape index (κ1) is 15.0. The van der Waals surface area contributed by atoms with Crippen molar-refractivity contribution in [3.63, 3.8) is 0 Å². The summed E-state index contributed by atoms with van der Waals surface area (Å²) in [4.78, 5) is 23.4. The van der Waals surface area contributed by atoms with Crippen molar-refractivity contribution in [1.29, 1.82) is 0 Å². The topological polar surface area (TPSA) is 72.8 Å². The normalized spacial score (nSPS) is 10.6. The minimum absolute atomic E-state index is 0.115. The number of carbonyl (C=O) groups is 2.